The summed E-state index contributed by atoms with van der Waals surface area (Å²) in [6.45, 7) is 0. The molecule has 8 aromatic rings. The molecule has 0 spiro atoms. The highest BCUT2D eigenvalue weighted by Gasteiger charge is 2.22. The van der Waals surface area contributed by atoms with Gasteiger partial charge in [0, 0.05) is 32.6 Å². The average Bonchev–Trinajstić information content (AvgIpc) is 3.47. The normalized spacial score (nSPS) is 11.9. The lowest BCUT2D eigenvalue weighted by atomic mass is 10.0. The van der Waals surface area contributed by atoms with E-state index in [1.165, 1.54) is 43.4 Å². The smallest absolute Gasteiger partial charge is 0.237 e. The topological polar surface area (TPSA) is 48.5 Å². The Morgan fingerprint density at radius 3 is 2.03 bits per heavy atom. The molecule has 8 rings (SSSR count). The lowest BCUT2D eigenvalue weighted by Crippen LogP contribution is -2.00. The predicted octanol–water partition coefficient (Wildman–Crippen LogP) is 7.22. The lowest BCUT2D eigenvalue weighted by Gasteiger charge is -2.10. The molecule has 168 valence electrons. The predicted molar refractivity (Wildman–Crippen MR) is 146 cm³/mol. The second-order valence-corrected chi connectivity index (χ2v) is 9.00. The molecule has 3 heterocycles. The van der Waals surface area contributed by atoms with Crippen molar-refractivity contribution >= 4 is 54.4 Å². The zero-order valence-electron chi connectivity index (χ0n) is 19.2. The summed E-state index contributed by atoms with van der Waals surface area (Å²) in [5.41, 5.74) is 5.69. The van der Waals surface area contributed by atoms with Gasteiger partial charge in [-0.05, 0) is 29.7 Å². The van der Waals surface area contributed by atoms with Gasteiger partial charge in [0.25, 0.3) is 0 Å². The van der Waals surface area contributed by atoms with Gasteiger partial charge in [0.05, 0.1) is 22.1 Å². The third kappa shape index (κ3) is 2.51. The van der Waals surface area contributed by atoms with Gasteiger partial charge < -0.3 is 4.57 Å². The van der Waals surface area contributed by atoms with Crippen LogP contribution in [0.25, 0.3) is 66.0 Å². The molecule has 0 saturated heterocycles. The highest BCUT2D eigenvalue weighted by Crippen LogP contribution is 2.43. The van der Waals surface area contributed by atoms with Crippen LogP contribution in [-0.4, -0.2) is 24.1 Å². The van der Waals surface area contributed by atoms with Crippen molar-refractivity contribution in [3.8, 4) is 11.6 Å². The average molecular weight is 462 g/mol. The first kappa shape index (κ1) is 19.3. The summed E-state index contributed by atoms with van der Waals surface area (Å²) < 4.78 is 4.57. The summed E-state index contributed by atoms with van der Waals surface area (Å²) >= 11 is 0. The van der Waals surface area contributed by atoms with Gasteiger partial charge in [0.15, 0.2) is 0 Å². The van der Waals surface area contributed by atoms with Crippen LogP contribution in [0.3, 0.4) is 0 Å². The second kappa shape index (κ2) is 7.23. The summed E-state index contributed by atoms with van der Waals surface area (Å²) in [4.78, 5) is 13.0. The Hall–Kier alpha value is -5.03. The molecule has 5 nitrogen and oxygen atoms in total. The number of para-hydroxylation sites is 2. The van der Waals surface area contributed by atoms with E-state index in [2.05, 4.69) is 127 Å². The maximum atomic E-state index is 4.50. The van der Waals surface area contributed by atoms with Gasteiger partial charge >= 0.3 is 0 Å². The first-order chi connectivity index (χ1) is 17.9. The number of fused-ring (bicyclic) bond motifs is 9. The Kier molecular flexibility index (Phi) is 3.88. The summed E-state index contributed by atoms with van der Waals surface area (Å²) in [5.74, 6) is 0.614. The van der Waals surface area contributed by atoms with Crippen LogP contribution < -0.4 is 0 Å². The quantitative estimate of drug-likeness (QED) is 0.273. The van der Waals surface area contributed by atoms with Gasteiger partial charge in [-0.3, -0.25) is 4.57 Å². The first-order valence-electron chi connectivity index (χ1n) is 12.0. The van der Waals surface area contributed by atoms with Crippen molar-refractivity contribution in [1.82, 2.24) is 24.1 Å². The number of benzene rings is 5. The fraction of sp³-hybridized carbons (Fsp3) is 0. The van der Waals surface area contributed by atoms with Crippen LogP contribution in [0.5, 0.6) is 0 Å². The molecular formula is C31H19N5. The maximum Gasteiger partial charge on any atom is 0.237 e. The van der Waals surface area contributed by atoms with Crippen molar-refractivity contribution in [2.45, 2.75) is 0 Å². The minimum absolute atomic E-state index is 0.614. The molecule has 5 heteroatoms. The van der Waals surface area contributed by atoms with Crippen LogP contribution in [-0.2, 0) is 0 Å². The van der Waals surface area contributed by atoms with E-state index in [-0.39, 0.29) is 0 Å². The van der Waals surface area contributed by atoms with E-state index in [0.29, 0.717) is 5.95 Å². The molecular weight excluding hydrogens is 442 g/mol. The molecule has 0 aliphatic carbocycles. The number of hydrogen-bond acceptors (Lipinski definition) is 3. The van der Waals surface area contributed by atoms with Crippen LogP contribution in [0.4, 0.5) is 0 Å². The molecule has 0 amide bonds. The molecule has 36 heavy (non-hydrogen) atoms. The van der Waals surface area contributed by atoms with Gasteiger partial charge in [-0.25, -0.2) is 15.0 Å². The molecule has 0 bridgehead atoms. The Balaban J connectivity index is 1.68. The van der Waals surface area contributed by atoms with Crippen LogP contribution in [0.1, 0.15) is 0 Å². The Bertz CT molecular complexity index is 2090. The van der Waals surface area contributed by atoms with E-state index >= 15 is 0 Å². The minimum atomic E-state index is 0.614. The molecule has 0 fully saturated rings. The van der Waals surface area contributed by atoms with E-state index < -0.39 is 0 Å². The highest BCUT2D eigenvalue weighted by atomic mass is 15.2. The number of hydrogen-bond donors (Lipinski definition) is 0. The number of aromatic nitrogens is 5. The van der Waals surface area contributed by atoms with E-state index in [0.717, 1.165) is 16.7 Å². The monoisotopic (exact) mass is 461 g/mol. The minimum Gasteiger partial charge on any atom is -0.308 e. The van der Waals surface area contributed by atoms with Gasteiger partial charge in [-0.1, -0.05) is 78.9 Å². The fourth-order valence-corrected chi connectivity index (χ4v) is 5.72. The summed E-state index contributed by atoms with van der Waals surface area (Å²) in [6.07, 6.45) is 3.10. The third-order valence-corrected chi connectivity index (χ3v) is 7.14. The van der Waals surface area contributed by atoms with Gasteiger partial charge in [0.2, 0.25) is 5.95 Å². The Morgan fingerprint density at radius 1 is 0.472 bits per heavy atom. The SMILES string of the molecule is c1ccc(-n2c3c4ccccc4ccc3c3ccc4c(c5ccccc5n4-c4ncncn4)c32)cc1. The lowest BCUT2D eigenvalue weighted by molar-refractivity contribution is 0.940. The number of rotatable bonds is 2. The molecule has 0 aliphatic rings. The summed E-state index contributed by atoms with van der Waals surface area (Å²) in [6, 6.07) is 36.7. The van der Waals surface area contributed by atoms with Crippen LogP contribution in [0.15, 0.2) is 116 Å². The van der Waals surface area contributed by atoms with Crippen LogP contribution in [0.2, 0.25) is 0 Å². The molecule has 0 N–H and O–H groups in total. The zero-order chi connectivity index (χ0) is 23.6. The van der Waals surface area contributed by atoms with Crippen molar-refractivity contribution in [1.29, 1.82) is 0 Å². The van der Waals surface area contributed by atoms with Crippen LogP contribution in [0, 0.1) is 0 Å². The Labute approximate surface area is 205 Å². The molecule has 0 aliphatic heterocycles. The van der Waals surface area contributed by atoms with Crippen molar-refractivity contribution in [2.24, 2.45) is 0 Å². The molecule has 0 radical (unpaired) electrons. The standard InChI is InChI=1S/C31H19N5/c1-2-9-21(10-3-1)35-29-22-11-5-4-8-20(22)14-15-23(29)24-16-17-27-28(30(24)35)25-12-6-7-13-26(25)36(27)31-33-18-32-19-34-31/h1-19H. The van der Waals surface area contributed by atoms with E-state index in [1.54, 1.807) is 12.7 Å². The van der Waals surface area contributed by atoms with Crippen molar-refractivity contribution in [2.75, 3.05) is 0 Å². The molecule has 3 aromatic heterocycles. The van der Waals surface area contributed by atoms with Gasteiger partial charge in [0.1, 0.15) is 12.7 Å². The van der Waals surface area contributed by atoms with Crippen molar-refractivity contribution in [3.63, 3.8) is 0 Å². The van der Waals surface area contributed by atoms with Crippen molar-refractivity contribution < 1.29 is 0 Å². The van der Waals surface area contributed by atoms with Gasteiger partial charge in [-0.15, -0.1) is 0 Å². The molecule has 5 aromatic carbocycles. The summed E-state index contributed by atoms with van der Waals surface area (Å²) in [7, 11) is 0. The molecule has 0 unspecified atom stereocenters. The highest BCUT2D eigenvalue weighted by molar-refractivity contribution is 6.28. The third-order valence-electron chi connectivity index (χ3n) is 7.14. The zero-order valence-corrected chi connectivity index (χ0v) is 19.2. The largest absolute Gasteiger partial charge is 0.308 e. The molecule has 0 atom stereocenters. The van der Waals surface area contributed by atoms with Crippen LogP contribution >= 0.6 is 0 Å². The molecule has 0 saturated carbocycles. The van der Waals surface area contributed by atoms with E-state index in [1.807, 2.05) is 0 Å². The Morgan fingerprint density at radius 2 is 1.17 bits per heavy atom. The van der Waals surface area contributed by atoms with Crippen molar-refractivity contribution in [3.05, 3.63) is 116 Å². The first-order valence-corrected chi connectivity index (χ1v) is 12.0. The van der Waals surface area contributed by atoms with E-state index in [4.69, 9.17) is 0 Å². The number of nitrogens with zero attached hydrogens (tertiary/aromatic N) is 5. The second-order valence-electron chi connectivity index (χ2n) is 9.00. The van der Waals surface area contributed by atoms with Gasteiger partial charge in [-0.2, -0.15) is 0 Å². The fourth-order valence-electron chi connectivity index (χ4n) is 5.72. The maximum absolute atomic E-state index is 4.50. The summed E-state index contributed by atoms with van der Waals surface area (Å²) in [5, 5.41) is 7.30. The van der Waals surface area contributed by atoms with E-state index in [9.17, 15) is 0 Å².